The maximum atomic E-state index is 11.9. The van der Waals surface area contributed by atoms with Crippen LogP contribution in [0.25, 0.3) is 0 Å². The Morgan fingerprint density at radius 2 is 2.14 bits per heavy atom. The Kier molecular flexibility index (Phi) is 4.88. The van der Waals surface area contributed by atoms with Crippen molar-refractivity contribution in [2.45, 2.75) is 26.6 Å². The number of ether oxygens (including phenoxy) is 3. The monoisotopic (exact) mass is 306 g/mol. The average molecular weight is 306 g/mol. The first kappa shape index (κ1) is 15.7. The molecule has 1 heterocycles. The van der Waals surface area contributed by atoms with Gasteiger partial charge in [0.2, 0.25) is 5.88 Å². The third-order valence-corrected chi connectivity index (χ3v) is 2.82. The van der Waals surface area contributed by atoms with Crippen LogP contribution in [0.15, 0.2) is 30.5 Å². The number of hydrogen-bond donors (Lipinski definition) is 1. The van der Waals surface area contributed by atoms with Crippen molar-refractivity contribution in [3.8, 4) is 11.6 Å². The molecule has 0 aliphatic heterocycles. The van der Waals surface area contributed by atoms with Crippen LogP contribution in [-0.4, -0.2) is 34.3 Å². The molecule has 118 valence electrons. The van der Waals surface area contributed by atoms with Gasteiger partial charge in [-0.15, -0.1) is 4.85 Å². The lowest BCUT2D eigenvalue weighted by atomic mass is 10.1. The van der Waals surface area contributed by atoms with Gasteiger partial charge in [0.15, 0.2) is 0 Å². The minimum Gasteiger partial charge on any atom is -0.491 e. The van der Waals surface area contributed by atoms with E-state index in [1.807, 2.05) is 13.8 Å². The fourth-order valence-corrected chi connectivity index (χ4v) is 1.90. The number of methoxy groups -OCH3 is 1. The van der Waals surface area contributed by atoms with E-state index in [0.717, 1.165) is 0 Å². The largest absolute Gasteiger partial charge is 0.491 e. The van der Waals surface area contributed by atoms with Crippen molar-refractivity contribution in [3.63, 3.8) is 0 Å². The van der Waals surface area contributed by atoms with E-state index in [-0.39, 0.29) is 18.6 Å². The van der Waals surface area contributed by atoms with Crippen LogP contribution in [0.4, 0.5) is 0 Å². The first-order valence-corrected chi connectivity index (χ1v) is 6.76. The van der Waals surface area contributed by atoms with Crippen molar-refractivity contribution in [3.05, 3.63) is 41.6 Å². The van der Waals surface area contributed by atoms with Crippen molar-refractivity contribution in [1.29, 1.82) is 0 Å². The van der Waals surface area contributed by atoms with Crippen LogP contribution in [0.2, 0.25) is 0 Å². The highest BCUT2D eigenvalue weighted by molar-refractivity contribution is 5.91. The molecule has 2 aromatic rings. The Bertz CT molecular complexity index is 651. The number of hydrogen-bond acceptors (Lipinski definition) is 6. The number of benzene rings is 1. The van der Waals surface area contributed by atoms with Crippen molar-refractivity contribution >= 4 is 5.97 Å². The predicted octanol–water partition coefficient (Wildman–Crippen LogP) is 2.27. The van der Waals surface area contributed by atoms with E-state index in [1.54, 1.807) is 18.2 Å². The summed E-state index contributed by atoms with van der Waals surface area (Å²) in [7, 11) is 1.32. The third-order valence-electron chi connectivity index (χ3n) is 2.82. The van der Waals surface area contributed by atoms with E-state index < -0.39 is 5.97 Å². The zero-order chi connectivity index (χ0) is 16.1. The summed E-state index contributed by atoms with van der Waals surface area (Å²) in [5.74, 6) is 0.305. The molecule has 0 spiro atoms. The van der Waals surface area contributed by atoms with E-state index in [2.05, 4.69) is 5.10 Å². The highest BCUT2D eigenvalue weighted by Gasteiger charge is 2.18. The van der Waals surface area contributed by atoms with Gasteiger partial charge in [0.25, 0.3) is 0 Å². The summed E-state index contributed by atoms with van der Waals surface area (Å²) in [6.45, 7) is 3.84. The molecule has 0 saturated carbocycles. The zero-order valence-electron chi connectivity index (χ0n) is 12.6. The summed E-state index contributed by atoms with van der Waals surface area (Å²) in [5.41, 5.74) is 0.930. The molecule has 0 radical (unpaired) electrons. The number of carbonyl (C=O) groups is 1. The quantitative estimate of drug-likeness (QED) is 0.651. The molecule has 7 nitrogen and oxygen atoms in total. The van der Waals surface area contributed by atoms with Crippen LogP contribution in [0, 0.1) is 0 Å². The van der Waals surface area contributed by atoms with Crippen molar-refractivity contribution in [2.75, 3.05) is 7.11 Å². The van der Waals surface area contributed by atoms with Gasteiger partial charge < -0.3 is 19.4 Å². The zero-order valence-corrected chi connectivity index (χ0v) is 12.6. The number of carbonyl (C=O) groups excluding carboxylic acids is 1. The fourth-order valence-electron chi connectivity index (χ4n) is 1.90. The van der Waals surface area contributed by atoms with Gasteiger partial charge in [-0.2, -0.15) is 0 Å². The number of esters is 1. The normalized spacial score (nSPS) is 10.5. The lowest BCUT2D eigenvalue weighted by Gasteiger charge is -2.16. The van der Waals surface area contributed by atoms with Gasteiger partial charge in [0.1, 0.15) is 12.4 Å². The summed E-state index contributed by atoms with van der Waals surface area (Å²) in [4.78, 5) is 12.5. The molecule has 0 saturated heterocycles. The number of aromatic nitrogens is 2. The molecule has 1 aromatic carbocycles. The van der Waals surface area contributed by atoms with Gasteiger partial charge in [0, 0.05) is 11.6 Å². The standard InChI is InChI=1S/C15H18N2O5/c1-10(2)22-13-6-4-5-11(15(18)20-3)12(13)9-21-14-7-8-17(19)16-14/h4-8,10,19H,9H2,1-3H3. The molecular weight excluding hydrogens is 288 g/mol. The van der Waals surface area contributed by atoms with E-state index in [1.165, 1.54) is 19.4 Å². The maximum Gasteiger partial charge on any atom is 0.338 e. The molecule has 7 heteroatoms. The maximum absolute atomic E-state index is 11.9. The lowest BCUT2D eigenvalue weighted by molar-refractivity contribution is 0.0596. The van der Waals surface area contributed by atoms with Gasteiger partial charge in [-0.3, -0.25) is 0 Å². The molecule has 0 aliphatic rings. The van der Waals surface area contributed by atoms with Crippen LogP contribution in [-0.2, 0) is 11.3 Å². The second-order valence-corrected chi connectivity index (χ2v) is 4.80. The fraction of sp³-hybridized carbons (Fsp3) is 0.333. The SMILES string of the molecule is COC(=O)c1cccc(OC(C)C)c1COc1ccn(O)n1. The van der Waals surface area contributed by atoms with E-state index in [9.17, 15) is 4.79 Å². The second-order valence-electron chi connectivity index (χ2n) is 4.80. The summed E-state index contributed by atoms with van der Waals surface area (Å²) in [5, 5.41) is 12.8. The molecule has 0 atom stereocenters. The van der Waals surface area contributed by atoms with Crippen molar-refractivity contribution < 1.29 is 24.2 Å². The Hall–Kier alpha value is -2.70. The highest BCUT2D eigenvalue weighted by Crippen LogP contribution is 2.26. The minimum absolute atomic E-state index is 0.0525. The highest BCUT2D eigenvalue weighted by atomic mass is 16.5. The summed E-state index contributed by atoms with van der Waals surface area (Å²) < 4.78 is 16.0. The van der Waals surface area contributed by atoms with Crippen LogP contribution in [0.1, 0.15) is 29.8 Å². The second kappa shape index (κ2) is 6.84. The Labute approximate surface area is 128 Å². The molecule has 0 unspecified atom stereocenters. The first-order valence-electron chi connectivity index (χ1n) is 6.76. The van der Waals surface area contributed by atoms with Gasteiger partial charge in [-0.25, -0.2) is 4.79 Å². The lowest BCUT2D eigenvalue weighted by Crippen LogP contribution is -2.13. The molecule has 1 N–H and O–H groups in total. The Morgan fingerprint density at radius 3 is 2.73 bits per heavy atom. The molecular formula is C15H18N2O5. The van der Waals surface area contributed by atoms with Crippen LogP contribution >= 0.6 is 0 Å². The van der Waals surface area contributed by atoms with E-state index >= 15 is 0 Å². The van der Waals surface area contributed by atoms with Gasteiger partial charge in [-0.1, -0.05) is 11.2 Å². The van der Waals surface area contributed by atoms with E-state index in [4.69, 9.17) is 19.4 Å². The first-order chi connectivity index (χ1) is 10.5. The van der Waals surface area contributed by atoms with Gasteiger partial charge >= 0.3 is 5.97 Å². The van der Waals surface area contributed by atoms with Gasteiger partial charge in [0.05, 0.1) is 25.0 Å². The minimum atomic E-state index is -0.472. The van der Waals surface area contributed by atoms with Crippen molar-refractivity contribution in [2.24, 2.45) is 0 Å². The number of rotatable bonds is 6. The Morgan fingerprint density at radius 1 is 1.36 bits per heavy atom. The summed E-state index contributed by atoms with van der Waals surface area (Å²) in [6.07, 6.45) is 1.29. The predicted molar refractivity (Wildman–Crippen MR) is 77.3 cm³/mol. The molecule has 2 rings (SSSR count). The molecule has 22 heavy (non-hydrogen) atoms. The topological polar surface area (TPSA) is 82.8 Å². The molecule has 0 amide bonds. The van der Waals surface area contributed by atoms with Crippen LogP contribution < -0.4 is 9.47 Å². The molecule has 1 aromatic heterocycles. The molecule has 0 aliphatic carbocycles. The van der Waals surface area contributed by atoms with Crippen LogP contribution in [0.5, 0.6) is 11.6 Å². The van der Waals surface area contributed by atoms with Crippen LogP contribution in [0.3, 0.4) is 0 Å². The molecule has 0 fully saturated rings. The van der Waals surface area contributed by atoms with Crippen molar-refractivity contribution in [1.82, 2.24) is 9.94 Å². The van der Waals surface area contributed by atoms with Gasteiger partial charge in [-0.05, 0) is 26.0 Å². The Balaban J connectivity index is 2.29. The average Bonchev–Trinajstić information content (AvgIpc) is 2.90. The number of nitrogens with zero attached hydrogens (tertiary/aromatic N) is 2. The van der Waals surface area contributed by atoms with E-state index in [0.29, 0.717) is 21.7 Å². The summed E-state index contributed by atoms with van der Waals surface area (Å²) >= 11 is 0. The smallest absolute Gasteiger partial charge is 0.338 e. The molecule has 0 bridgehead atoms. The summed E-state index contributed by atoms with van der Waals surface area (Å²) in [6, 6.07) is 6.62. The third kappa shape index (κ3) is 3.69.